The molecule has 0 saturated heterocycles. The van der Waals surface area contributed by atoms with Crippen LogP contribution in [-0.4, -0.2) is 36.5 Å². The molecule has 2 unspecified atom stereocenters. The molecule has 3 N–H and O–H groups in total. The first-order valence-electron chi connectivity index (χ1n) is 6.70. The van der Waals surface area contributed by atoms with E-state index in [1.54, 1.807) is 11.3 Å². The van der Waals surface area contributed by atoms with Crippen molar-refractivity contribution in [2.45, 2.75) is 45.3 Å². The molecule has 0 aromatic carbocycles. The Balaban J connectivity index is 2.61. The minimum absolute atomic E-state index is 0.0654. The minimum atomic E-state index is 0.0654. The molecule has 0 fully saturated rings. The smallest absolute Gasteiger partial charge is 0.221 e. The highest BCUT2D eigenvalue weighted by Crippen LogP contribution is 2.25. The van der Waals surface area contributed by atoms with Gasteiger partial charge in [0, 0.05) is 36.0 Å². The SMILES string of the molecule is CC(C)NC(=O)CC(CN)N(C)C(C)c1cccs1. The van der Waals surface area contributed by atoms with Crippen molar-refractivity contribution in [3.63, 3.8) is 0 Å². The van der Waals surface area contributed by atoms with Crippen molar-refractivity contribution >= 4 is 17.2 Å². The van der Waals surface area contributed by atoms with Crippen molar-refractivity contribution in [3.8, 4) is 0 Å². The maximum Gasteiger partial charge on any atom is 0.221 e. The van der Waals surface area contributed by atoms with Crippen molar-refractivity contribution in [3.05, 3.63) is 22.4 Å². The van der Waals surface area contributed by atoms with Crippen LogP contribution >= 0.6 is 11.3 Å². The van der Waals surface area contributed by atoms with Gasteiger partial charge in [-0.05, 0) is 39.3 Å². The monoisotopic (exact) mass is 283 g/mol. The third-order valence-corrected chi connectivity index (χ3v) is 4.33. The summed E-state index contributed by atoms with van der Waals surface area (Å²) in [6.45, 7) is 6.56. The van der Waals surface area contributed by atoms with Gasteiger partial charge in [-0.1, -0.05) is 6.07 Å². The molecular weight excluding hydrogens is 258 g/mol. The molecule has 0 aliphatic rings. The highest BCUT2D eigenvalue weighted by Gasteiger charge is 2.23. The first kappa shape index (κ1) is 16.1. The van der Waals surface area contributed by atoms with E-state index in [4.69, 9.17) is 5.73 Å². The van der Waals surface area contributed by atoms with Gasteiger partial charge in [-0.15, -0.1) is 11.3 Å². The molecule has 2 atom stereocenters. The van der Waals surface area contributed by atoms with Crippen LogP contribution in [0, 0.1) is 0 Å². The number of carbonyl (C=O) groups excluding carboxylic acids is 1. The fraction of sp³-hybridized carbons (Fsp3) is 0.643. The van der Waals surface area contributed by atoms with Crippen LogP contribution in [0.2, 0.25) is 0 Å². The largest absolute Gasteiger partial charge is 0.354 e. The average molecular weight is 283 g/mol. The van der Waals surface area contributed by atoms with E-state index < -0.39 is 0 Å². The Morgan fingerprint density at radius 3 is 2.63 bits per heavy atom. The lowest BCUT2D eigenvalue weighted by molar-refractivity contribution is -0.122. The van der Waals surface area contributed by atoms with E-state index in [1.165, 1.54) is 4.88 Å². The van der Waals surface area contributed by atoms with Crippen LogP contribution in [0.1, 0.15) is 38.1 Å². The lowest BCUT2D eigenvalue weighted by Crippen LogP contribution is -2.43. The van der Waals surface area contributed by atoms with Crippen LogP contribution in [0.15, 0.2) is 17.5 Å². The standard InChI is InChI=1S/C14H25N3OS/c1-10(2)16-14(18)8-12(9-15)17(4)11(3)13-6-5-7-19-13/h5-7,10-12H,8-9,15H2,1-4H3,(H,16,18). The molecule has 1 amide bonds. The molecule has 4 nitrogen and oxygen atoms in total. The van der Waals surface area contributed by atoms with Crippen LogP contribution in [0.25, 0.3) is 0 Å². The van der Waals surface area contributed by atoms with Gasteiger partial charge in [0.1, 0.15) is 0 Å². The summed E-state index contributed by atoms with van der Waals surface area (Å²) in [5.74, 6) is 0.0654. The zero-order chi connectivity index (χ0) is 14.4. The number of amides is 1. The Kier molecular flexibility index (Phi) is 6.48. The molecule has 1 rings (SSSR count). The van der Waals surface area contributed by atoms with Crippen LogP contribution in [0.3, 0.4) is 0 Å². The molecule has 0 saturated carbocycles. The third-order valence-electron chi connectivity index (χ3n) is 3.28. The molecule has 19 heavy (non-hydrogen) atoms. The van der Waals surface area contributed by atoms with Crippen LogP contribution in [-0.2, 0) is 4.79 Å². The highest BCUT2D eigenvalue weighted by molar-refractivity contribution is 7.10. The van der Waals surface area contributed by atoms with Gasteiger partial charge >= 0.3 is 0 Å². The maximum atomic E-state index is 11.8. The molecular formula is C14H25N3OS. The van der Waals surface area contributed by atoms with Crippen molar-refractivity contribution in [2.24, 2.45) is 5.73 Å². The Morgan fingerprint density at radius 1 is 1.47 bits per heavy atom. The molecule has 0 spiro atoms. The van der Waals surface area contributed by atoms with Gasteiger partial charge in [0.05, 0.1) is 0 Å². The number of rotatable bonds is 7. The van der Waals surface area contributed by atoms with Crippen molar-refractivity contribution in [1.29, 1.82) is 0 Å². The van der Waals surface area contributed by atoms with E-state index in [1.807, 2.05) is 27.0 Å². The number of carbonyl (C=O) groups is 1. The summed E-state index contributed by atoms with van der Waals surface area (Å²) in [6, 6.07) is 4.68. The van der Waals surface area contributed by atoms with Gasteiger partial charge in [0.25, 0.3) is 0 Å². The molecule has 0 aliphatic heterocycles. The zero-order valence-electron chi connectivity index (χ0n) is 12.2. The lowest BCUT2D eigenvalue weighted by atomic mass is 10.1. The number of likely N-dealkylation sites (N-methyl/N-ethyl adjacent to an activating group) is 1. The predicted octanol–water partition coefficient (Wildman–Crippen LogP) is 1.98. The number of hydrogen-bond donors (Lipinski definition) is 2. The fourth-order valence-corrected chi connectivity index (χ4v) is 2.87. The first-order valence-corrected chi connectivity index (χ1v) is 7.58. The molecule has 1 aromatic heterocycles. The Bertz CT molecular complexity index is 378. The first-order chi connectivity index (χ1) is 8.95. The quantitative estimate of drug-likeness (QED) is 0.804. The Labute approximate surface area is 120 Å². The molecule has 0 radical (unpaired) electrons. The molecule has 1 aromatic rings. The average Bonchev–Trinajstić information content (AvgIpc) is 2.87. The number of nitrogens with two attached hydrogens (primary N) is 1. The van der Waals surface area contributed by atoms with E-state index in [-0.39, 0.29) is 24.0 Å². The van der Waals surface area contributed by atoms with E-state index in [9.17, 15) is 4.79 Å². The van der Waals surface area contributed by atoms with E-state index >= 15 is 0 Å². The second-order valence-corrected chi connectivity index (χ2v) is 6.15. The van der Waals surface area contributed by atoms with Gasteiger partial charge in [-0.25, -0.2) is 0 Å². The van der Waals surface area contributed by atoms with E-state index in [2.05, 4.69) is 28.6 Å². The van der Waals surface area contributed by atoms with Crippen LogP contribution in [0.4, 0.5) is 0 Å². The van der Waals surface area contributed by atoms with Crippen molar-refractivity contribution in [1.82, 2.24) is 10.2 Å². The van der Waals surface area contributed by atoms with Gasteiger partial charge in [0.2, 0.25) is 5.91 Å². The molecule has 0 aliphatic carbocycles. The Hall–Kier alpha value is -0.910. The van der Waals surface area contributed by atoms with Gasteiger partial charge < -0.3 is 11.1 Å². The number of nitrogens with one attached hydrogen (secondary N) is 1. The summed E-state index contributed by atoms with van der Waals surface area (Å²) in [6.07, 6.45) is 0.445. The molecule has 108 valence electrons. The van der Waals surface area contributed by atoms with Gasteiger partial charge in [-0.3, -0.25) is 9.69 Å². The third kappa shape index (κ3) is 4.93. The fourth-order valence-electron chi connectivity index (χ4n) is 2.03. The van der Waals surface area contributed by atoms with Crippen LogP contribution < -0.4 is 11.1 Å². The van der Waals surface area contributed by atoms with Gasteiger partial charge in [0.15, 0.2) is 0 Å². The predicted molar refractivity (Wildman–Crippen MR) is 81.2 cm³/mol. The highest BCUT2D eigenvalue weighted by atomic mass is 32.1. The minimum Gasteiger partial charge on any atom is -0.354 e. The summed E-state index contributed by atoms with van der Waals surface area (Å²) in [7, 11) is 2.03. The normalized spacial score (nSPS) is 14.7. The van der Waals surface area contributed by atoms with Crippen molar-refractivity contribution in [2.75, 3.05) is 13.6 Å². The zero-order valence-corrected chi connectivity index (χ0v) is 13.0. The number of thiophene rings is 1. The van der Waals surface area contributed by atoms with Crippen molar-refractivity contribution < 1.29 is 4.79 Å². The van der Waals surface area contributed by atoms with E-state index in [0.717, 1.165) is 0 Å². The summed E-state index contributed by atoms with van der Waals surface area (Å²) in [5.41, 5.74) is 5.83. The van der Waals surface area contributed by atoms with Gasteiger partial charge in [-0.2, -0.15) is 0 Å². The molecule has 0 bridgehead atoms. The second-order valence-electron chi connectivity index (χ2n) is 5.17. The molecule has 5 heteroatoms. The topological polar surface area (TPSA) is 58.4 Å². The summed E-state index contributed by atoms with van der Waals surface area (Å²) >= 11 is 1.73. The van der Waals surface area contributed by atoms with Crippen LogP contribution in [0.5, 0.6) is 0 Å². The lowest BCUT2D eigenvalue weighted by Gasteiger charge is -2.31. The number of nitrogens with zero attached hydrogens (tertiary/aromatic N) is 1. The van der Waals surface area contributed by atoms with E-state index in [0.29, 0.717) is 13.0 Å². The maximum absolute atomic E-state index is 11.8. The Morgan fingerprint density at radius 2 is 2.16 bits per heavy atom. The summed E-state index contributed by atoms with van der Waals surface area (Å²) < 4.78 is 0. The summed E-state index contributed by atoms with van der Waals surface area (Å²) in [5, 5.41) is 4.99. The summed E-state index contributed by atoms with van der Waals surface area (Å²) in [4.78, 5) is 15.3. The second kappa shape index (κ2) is 7.62. The molecule has 1 heterocycles. The number of hydrogen-bond acceptors (Lipinski definition) is 4.